The molecule has 2 aromatic rings. The SMILES string of the molecule is O=C(Nc1cc([N+](=O)[O-])ccc1Cl)c1ccc(CN2CCCCCC2)cc1. The fraction of sp³-hybridized carbons (Fsp3) is 0.350. The van der Waals surface area contributed by atoms with Crippen molar-refractivity contribution in [2.45, 2.75) is 32.2 Å². The van der Waals surface area contributed by atoms with Gasteiger partial charge in [-0.1, -0.05) is 36.6 Å². The third-order valence-electron chi connectivity index (χ3n) is 4.73. The molecule has 0 spiro atoms. The van der Waals surface area contributed by atoms with Gasteiger partial charge in [-0.25, -0.2) is 0 Å². The second-order valence-electron chi connectivity index (χ2n) is 6.76. The first-order chi connectivity index (χ1) is 13.0. The number of hydrogen-bond donors (Lipinski definition) is 1. The quantitative estimate of drug-likeness (QED) is 0.586. The Balaban J connectivity index is 1.65. The molecular weight excluding hydrogens is 366 g/mol. The van der Waals surface area contributed by atoms with Crippen LogP contribution in [0.4, 0.5) is 11.4 Å². The predicted molar refractivity (Wildman–Crippen MR) is 106 cm³/mol. The van der Waals surface area contributed by atoms with E-state index in [0.29, 0.717) is 5.56 Å². The summed E-state index contributed by atoms with van der Waals surface area (Å²) >= 11 is 6.04. The van der Waals surface area contributed by atoms with Crippen molar-refractivity contribution in [3.8, 4) is 0 Å². The van der Waals surface area contributed by atoms with E-state index in [2.05, 4.69) is 10.2 Å². The lowest BCUT2D eigenvalue weighted by molar-refractivity contribution is -0.384. The molecular formula is C20H22ClN3O3. The molecule has 1 fully saturated rings. The number of nitro benzene ring substituents is 1. The minimum absolute atomic E-state index is 0.123. The molecule has 0 bridgehead atoms. The van der Waals surface area contributed by atoms with Crippen LogP contribution in [0, 0.1) is 10.1 Å². The van der Waals surface area contributed by atoms with Crippen molar-refractivity contribution in [1.82, 2.24) is 4.90 Å². The topological polar surface area (TPSA) is 75.5 Å². The molecule has 1 saturated heterocycles. The second-order valence-corrected chi connectivity index (χ2v) is 7.17. The van der Waals surface area contributed by atoms with E-state index in [1.165, 1.54) is 49.4 Å². The van der Waals surface area contributed by atoms with Crippen molar-refractivity contribution in [1.29, 1.82) is 0 Å². The fourth-order valence-corrected chi connectivity index (χ4v) is 3.40. The number of anilines is 1. The smallest absolute Gasteiger partial charge is 0.271 e. The molecule has 0 atom stereocenters. The minimum atomic E-state index is -0.524. The number of nitrogens with one attached hydrogen (secondary N) is 1. The lowest BCUT2D eigenvalue weighted by atomic mass is 10.1. The molecule has 1 aliphatic rings. The standard InChI is InChI=1S/C20H22ClN3O3/c21-18-10-9-17(24(26)27)13-19(18)22-20(25)16-7-5-15(6-8-16)14-23-11-3-1-2-4-12-23/h5-10,13H,1-4,11-12,14H2,(H,22,25). The third kappa shape index (κ3) is 5.28. The first-order valence-electron chi connectivity index (χ1n) is 9.09. The highest BCUT2D eigenvalue weighted by molar-refractivity contribution is 6.34. The van der Waals surface area contributed by atoms with E-state index >= 15 is 0 Å². The normalized spacial score (nSPS) is 15.1. The molecule has 6 nitrogen and oxygen atoms in total. The predicted octanol–water partition coefficient (Wildman–Crippen LogP) is 4.88. The minimum Gasteiger partial charge on any atom is -0.320 e. The summed E-state index contributed by atoms with van der Waals surface area (Å²) in [5.74, 6) is -0.348. The van der Waals surface area contributed by atoms with Gasteiger partial charge in [0.1, 0.15) is 0 Å². The number of nitro groups is 1. The molecule has 1 aliphatic heterocycles. The lowest BCUT2D eigenvalue weighted by Gasteiger charge is -2.19. The van der Waals surface area contributed by atoms with Crippen LogP contribution in [0.3, 0.4) is 0 Å². The Labute approximate surface area is 163 Å². The summed E-state index contributed by atoms with van der Waals surface area (Å²) in [5.41, 5.74) is 1.76. The van der Waals surface area contributed by atoms with Crippen LogP contribution in [0.25, 0.3) is 0 Å². The van der Waals surface area contributed by atoms with Crippen LogP contribution < -0.4 is 5.32 Å². The third-order valence-corrected chi connectivity index (χ3v) is 5.06. The Morgan fingerprint density at radius 3 is 2.37 bits per heavy atom. The van der Waals surface area contributed by atoms with Gasteiger partial charge in [0.2, 0.25) is 0 Å². The number of hydrogen-bond acceptors (Lipinski definition) is 4. The fourth-order valence-electron chi connectivity index (χ4n) is 3.23. The van der Waals surface area contributed by atoms with Crippen molar-refractivity contribution < 1.29 is 9.72 Å². The van der Waals surface area contributed by atoms with Crippen LogP contribution in [0.5, 0.6) is 0 Å². The number of non-ortho nitro benzene ring substituents is 1. The average Bonchev–Trinajstić information content (AvgIpc) is 2.92. The van der Waals surface area contributed by atoms with Crippen molar-refractivity contribution in [2.75, 3.05) is 18.4 Å². The Bertz CT molecular complexity index is 816. The summed E-state index contributed by atoms with van der Waals surface area (Å²) < 4.78 is 0. The highest BCUT2D eigenvalue weighted by Gasteiger charge is 2.14. The van der Waals surface area contributed by atoms with Gasteiger partial charge in [0.05, 0.1) is 15.6 Å². The van der Waals surface area contributed by atoms with Crippen molar-refractivity contribution in [3.05, 3.63) is 68.7 Å². The van der Waals surface area contributed by atoms with E-state index in [9.17, 15) is 14.9 Å². The molecule has 3 rings (SSSR count). The van der Waals surface area contributed by atoms with Gasteiger partial charge >= 0.3 is 0 Å². The lowest BCUT2D eigenvalue weighted by Crippen LogP contribution is -2.24. The van der Waals surface area contributed by atoms with E-state index in [0.717, 1.165) is 19.6 Å². The van der Waals surface area contributed by atoms with Crippen LogP contribution in [0.15, 0.2) is 42.5 Å². The van der Waals surface area contributed by atoms with E-state index in [1.807, 2.05) is 12.1 Å². The zero-order valence-corrected chi connectivity index (χ0v) is 15.7. The first-order valence-corrected chi connectivity index (χ1v) is 9.47. The van der Waals surface area contributed by atoms with Gasteiger partial charge in [0.25, 0.3) is 11.6 Å². The second kappa shape index (κ2) is 8.97. The monoisotopic (exact) mass is 387 g/mol. The van der Waals surface area contributed by atoms with Crippen molar-refractivity contribution in [2.24, 2.45) is 0 Å². The molecule has 1 amide bonds. The number of amides is 1. The maximum absolute atomic E-state index is 12.4. The largest absolute Gasteiger partial charge is 0.320 e. The molecule has 2 aromatic carbocycles. The van der Waals surface area contributed by atoms with Gasteiger partial charge < -0.3 is 5.32 Å². The van der Waals surface area contributed by atoms with Gasteiger partial charge in [-0.05, 0) is 49.7 Å². The van der Waals surface area contributed by atoms with Crippen LogP contribution >= 0.6 is 11.6 Å². The molecule has 7 heteroatoms. The summed E-state index contributed by atoms with van der Waals surface area (Å²) in [4.78, 5) is 25.3. The molecule has 1 N–H and O–H groups in total. The van der Waals surface area contributed by atoms with Crippen LogP contribution in [0.1, 0.15) is 41.6 Å². The van der Waals surface area contributed by atoms with Crippen LogP contribution in [0.2, 0.25) is 5.02 Å². The van der Waals surface area contributed by atoms with Crippen molar-refractivity contribution in [3.63, 3.8) is 0 Å². The Morgan fingerprint density at radius 1 is 1.07 bits per heavy atom. The van der Waals surface area contributed by atoms with Crippen LogP contribution in [-0.2, 0) is 6.54 Å². The van der Waals surface area contributed by atoms with Gasteiger partial charge in [-0.3, -0.25) is 19.8 Å². The molecule has 27 heavy (non-hydrogen) atoms. The molecule has 0 aliphatic carbocycles. The number of likely N-dealkylation sites (tertiary alicyclic amines) is 1. The number of carbonyl (C=O) groups excluding carboxylic acids is 1. The molecule has 0 saturated carbocycles. The summed E-state index contributed by atoms with van der Waals surface area (Å²) in [6.07, 6.45) is 5.08. The molecule has 0 unspecified atom stereocenters. The highest BCUT2D eigenvalue weighted by Crippen LogP contribution is 2.27. The van der Waals surface area contributed by atoms with E-state index in [1.54, 1.807) is 12.1 Å². The Morgan fingerprint density at radius 2 is 1.74 bits per heavy atom. The van der Waals surface area contributed by atoms with Gasteiger partial charge in [-0.2, -0.15) is 0 Å². The summed E-state index contributed by atoms with van der Waals surface area (Å²) in [6.45, 7) is 3.12. The number of rotatable bonds is 5. The van der Waals surface area contributed by atoms with E-state index < -0.39 is 4.92 Å². The molecule has 0 aromatic heterocycles. The average molecular weight is 388 g/mol. The van der Waals surface area contributed by atoms with Gasteiger partial charge in [0.15, 0.2) is 0 Å². The molecule has 142 valence electrons. The summed E-state index contributed by atoms with van der Waals surface area (Å²) in [6, 6.07) is 11.4. The first kappa shape index (κ1) is 19.3. The van der Waals surface area contributed by atoms with Crippen LogP contribution in [-0.4, -0.2) is 28.8 Å². The van der Waals surface area contributed by atoms with Gasteiger partial charge in [0, 0.05) is 24.2 Å². The molecule has 1 heterocycles. The molecule has 0 radical (unpaired) electrons. The highest BCUT2D eigenvalue weighted by atomic mass is 35.5. The van der Waals surface area contributed by atoms with E-state index in [-0.39, 0.29) is 22.3 Å². The zero-order chi connectivity index (χ0) is 19.2. The number of nitrogens with zero attached hydrogens (tertiary/aromatic N) is 2. The van der Waals surface area contributed by atoms with E-state index in [4.69, 9.17) is 11.6 Å². The maximum atomic E-state index is 12.4. The zero-order valence-electron chi connectivity index (χ0n) is 15.0. The van der Waals surface area contributed by atoms with Gasteiger partial charge in [-0.15, -0.1) is 0 Å². The maximum Gasteiger partial charge on any atom is 0.271 e. The number of halogens is 1. The number of benzene rings is 2. The summed E-state index contributed by atoms with van der Waals surface area (Å²) in [5, 5.41) is 13.8. The van der Waals surface area contributed by atoms with Crippen molar-refractivity contribution >= 4 is 28.9 Å². The number of carbonyl (C=O) groups is 1. The Hall–Kier alpha value is -2.44. The Kier molecular flexibility index (Phi) is 6.42. The summed E-state index contributed by atoms with van der Waals surface area (Å²) in [7, 11) is 0.